The van der Waals surface area contributed by atoms with Crippen molar-refractivity contribution in [3.8, 4) is 0 Å². The molecular formula is C13H20F2N4O3. The minimum absolute atomic E-state index is 0.0723. The fourth-order valence-electron chi connectivity index (χ4n) is 2.79. The van der Waals surface area contributed by atoms with Crippen LogP contribution in [0.3, 0.4) is 0 Å². The Bertz CT molecular complexity index is 501. The number of aromatic nitrogens is 2. The number of nitrogens with two attached hydrogens (primary N) is 1. The van der Waals surface area contributed by atoms with Gasteiger partial charge in [-0.25, -0.2) is 8.78 Å². The van der Waals surface area contributed by atoms with Gasteiger partial charge in [0.05, 0.1) is 17.6 Å². The van der Waals surface area contributed by atoms with Crippen LogP contribution in [0, 0.1) is 16.0 Å². The quantitative estimate of drug-likeness (QED) is 0.473. The Hall–Kier alpha value is -1.61. The highest BCUT2D eigenvalue weighted by Gasteiger charge is 2.30. The molecule has 1 saturated carbocycles. The van der Waals surface area contributed by atoms with E-state index in [4.69, 9.17) is 10.5 Å². The number of rotatable bonds is 7. The number of hydrogen-bond acceptors (Lipinski definition) is 5. The zero-order chi connectivity index (χ0) is 16.1. The number of alkyl halides is 2. The van der Waals surface area contributed by atoms with Crippen molar-refractivity contribution >= 4 is 5.69 Å². The molecule has 0 amide bonds. The van der Waals surface area contributed by atoms with E-state index in [1.165, 1.54) is 4.68 Å². The summed E-state index contributed by atoms with van der Waals surface area (Å²) in [4.78, 5) is 10.0. The first-order valence-corrected chi connectivity index (χ1v) is 7.32. The Kier molecular flexibility index (Phi) is 5.78. The van der Waals surface area contributed by atoms with Crippen LogP contribution in [0.2, 0.25) is 0 Å². The van der Waals surface area contributed by atoms with Crippen LogP contribution in [0.25, 0.3) is 0 Å². The van der Waals surface area contributed by atoms with Gasteiger partial charge < -0.3 is 10.5 Å². The lowest BCUT2D eigenvalue weighted by atomic mass is 9.86. The summed E-state index contributed by atoms with van der Waals surface area (Å²) in [5.74, 6) is 0.419. The van der Waals surface area contributed by atoms with Crippen molar-refractivity contribution in [1.82, 2.24) is 9.78 Å². The molecule has 0 aromatic carbocycles. The van der Waals surface area contributed by atoms with Crippen molar-refractivity contribution in [2.75, 3.05) is 19.8 Å². The third kappa shape index (κ3) is 3.98. The van der Waals surface area contributed by atoms with Crippen LogP contribution in [0.4, 0.5) is 14.5 Å². The van der Waals surface area contributed by atoms with Gasteiger partial charge in [-0.05, 0) is 31.6 Å². The Labute approximate surface area is 126 Å². The molecule has 0 spiro atoms. The normalized spacial score (nSPS) is 22.2. The van der Waals surface area contributed by atoms with E-state index in [0.29, 0.717) is 25.7 Å². The molecule has 1 aliphatic rings. The molecule has 22 heavy (non-hydrogen) atoms. The van der Waals surface area contributed by atoms with E-state index in [1.54, 1.807) is 0 Å². The molecule has 0 radical (unpaired) electrons. The number of ether oxygens (including phenoxy) is 1. The lowest BCUT2D eigenvalue weighted by molar-refractivity contribution is -0.386. The Morgan fingerprint density at radius 1 is 1.45 bits per heavy atom. The summed E-state index contributed by atoms with van der Waals surface area (Å²) in [6.07, 6.45) is 1.44. The molecule has 124 valence electrons. The summed E-state index contributed by atoms with van der Waals surface area (Å²) >= 11 is 0. The van der Waals surface area contributed by atoms with Crippen LogP contribution in [0.5, 0.6) is 0 Å². The SMILES string of the molecule is NCCOCC1CCC(n2cc([N+](=O)[O-])c(C(F)F)n2)CC1. The molecule has 0 aliphatic heterocycles. The summed E-state index contributed by atoms with van der Waals surface area (Å²) in [5, 5.41) is 14.5. The molecule has 1 fully saturated rings. The monoisotopic (exact) mass is 318 g/mol. The van der Waals surface area contributed by atoms with Crippen molar-refractivity contribution in [3.05, 3.63) is 22.0 Å². The van der Waals surface area contributed by atoms with Crippen LogP contribution < -0.4 is 5.73 Å². The largest absolute Gasteiger partial charge is 0.380 e. The molecule has 0 bridgehead atoms. The topological polar surface area (TPSA) is 96.2 Å². The highest BCUT2D eigenvalue weighted by Crippen LogP contribution is 2.35. The number of nitro groups is 1. The average molecular weight is 318 g/mol. The summed E-state index contributed by atoms with van der Waals surface area (Å²) < 4.78 is 32.3. The van der Waals surface area contributed by atoms with Gasteiger partial charge in [-0.1, -0.05) is 0 Å². The van der Waals surface area contributed by atoms with E-state index >= 15 is 0 Å². The molecule has 1 aliphatic carbocycles. The molecular weight excluding hydrogens is 298 g/mol. The molecule has 7 nitrogen and oxygen atoms in total. The van der Waals surface area contributed by atoms with Gasteiger partial charge in [-0.3, -0.25) is 14.8 Å². The van der Waals surface area contributed by atoms with Crippen LogP contribution in [-0.4, -0.2) is 34.5 Å². The third-order valence-corrected chi connectivity index (χ3v) is 3.95. The van der Waals surface area contributed by atoms with Gasteiger partial charge in [0.25, 0.3) is 6.43 Å². The summed E-state index contributed by atoms with van der Waals surface area (Å²) in [7, 11) is 0. The zero-order valence-electron chi connectivity index (χ0n) is 12.2. The third-order valence-electron chi connectivity index (χ3n) is 3.95. The lowest BCUT2D eigenvalue weighted by Gasteiger charge is -2.28. The van der Waals surface area contributed by atoms with E-state index in [1.807, 2.05) is 0 Å². The van der Waals surface area contributed by atoms with Gasteiger partial charge in [-0.2, -0.15) is 5.10 Å². The van der Waals surface area contributed by atoms with Crippen molar-refractivity contribution < 1.29 is 18.4 Å². The minimum Gasteiger partial charge on any atom is -0.380 e. The first-order chi connectivity index (χ1) is 10.5. The summed E-state index contributed by atoms with van der Waals surface area (Å²) in [6, 6.07) is -0.0723. The van der Waals surface area contributed by atoms with Crippen LogP contribution in [-0.2, 0) is 4.74 Å². The van der Waals surface area contributed by atoms with E-state index in [0.717, 1.165) is 31.9 Å². The van der Waals surface area contributed by atoms with E-state index in [9.17, 15) is 18.9 Å². The van der Waals surface area contributed by atoms with Gasteiger partial charge in [0.2, 0.25) is 5.69 Å². The first kappa shape index (κ1) is 16.8. The predicted octanol–water partition coefficient (Wildman–Crippen LogP) is 2.44. The van der Waals surface area contributed by atoms with Gasteiger partial charge in [0.15, 0.2) is 0 Å². The molecule has 1 aromatic heterocycles. The Morgan fingerprint density at radius 3 is 2.64 bits per heavy atom. The number of halogens is 2. The molecule has 2 rings (SSSR count). The van der Waals surface area contributed by atoms with Gasteiger partial charge in [0.1, 0.15) is 6.20 Å². The smallest absolute Gasteiger partial charge is 0.316 e. The number of nitrogens with zero attached hydrogens (tertiary/aromatic N) is 3. The molecule has 0 unspecified atom stereocenters. The molecule has 1 heterocycles. The van der Waals surface area contributed by atoms with Crippen LogP contribution in [0.15, 0.2) is 6.20 Å². The first-order valence-electron chi connectivity index (χ1n) is 7.32. The van der Waals surface area contributed by atoms with Crippen molar-refractivity contribution in [3.63, 3.8) is 0 Å². The molecule has 2 N–H and O–H groups in total. The van der Waals surface area contributed by atoms with Gasteiger partial charge in [0, 0.05) is 13.2 Å². The number of hydrogen-bond donors (Lipinski definition) is 1. The maximum absolute atomic E-state index is 12.8. The minimum atomic E-state index is -2.94. The summed E-state index contributed by atoms with van der Waals surface area (Å²) in [5.41, 5.74) is 4.00. The maximum atomic E-state index is 12.8. The zero-order valence-corrected chi connectivity index (χ0v) is 12.2. The molecule has 0 saturated heterocycles. The van der Waals surface area contributed by atoms with Crippen molar-refractivity contribution in [1.29, 1.82) is 0 Å². The maximum Gasteiger partial charge on any atom is 0.316 e. The standard InChI is InChI=1S/C13H20F2N4O3/c14-13(15)12-11(19(20)21)7-18(17-12)10-3-1-9(2-4-10)8-22-6-5-16/h7,9-10,13H,1-6,8,16H2. The Balaban J connectivity index is 1.96. The van der Waals surface area contributed by atoms with Crippen LogP contribution >= 0.6 is 0 Å². The van der Waals surface area contributed by atoms with E-state index in [-0.39, 0.29) is 6.04 Å². The van der Waals surface area contributed by atoms with Crippen molar-refractivity contribution in [2.45, 2.75) is 38.2 Å². The van der Waals surface area contributed by atoms with E-state index in [2.05, 4.69) is 5.10 Å². The second-order valence-corrected chi connectivity index (χ2v) is 5.48. The second-order valence-electron chi connectivity index (χ2n) is 5.48. The van der Waals surface area contributed by atoms with Crippen molar-refractivity contribution in [2.24, 2.45) is 11.7 Å². The average Bonchev–Trinajstić information content (AvgIpc) is 2.94. The predicted molar refractivity (Wildman–Crippen MR) is 74.7 cm³/mol. The van der Waals surface area contributed by atoms with Gasteiger partial charge >= 0.3 is 5.69 Å². The highest BCUT2D eigenvalue weighted by molar-refractivity contribution is 5.33. The van der Waals surface area contributed by atoms with Gasteiger partial charge in [-0.15, -0.1) is 0 Å². The van der Waals surface area contributed by atoms with Crippen LogP contribution in [0.1, 0.15) is 43.8 Å². The fraction of sp³-hybridized carbons (Fsp3) is 0.769. The highest BCUT2D eigenvalue weighted by atomic mass is 19.3. The molecule has 0 atom stereocenters. The Morgan fingerprint density at radius 2 is 2.14 bits per heavy atom. The molecule has 1 aromatic rings. The fourth-order valence-corrected chi connectivity index (χ4v) is 2.79. The lowest BCUT2D eigenvalue weighted by Crippen LogP contribution is -2.22. The van der Waals surface area contributed by atoms with E-state index < -0.39 is 22.7 Å². The molecule has 9 heteroatoms. The summed E-state index contributed by atoms with van der Waals surface area (Å²) in [6.45, 7) is 1.66. The second kappa shape index (κ2) is 7.59.